The summed E-state index contributed by atoms with van der Waals surface area (Å²) in [5.74, 6) is 0.820. The van der Waals surface area contributed by atoms with Crippen molar-refractivity contribution in [2.24, 2.45) is 0 Å². The Morgan fingerprint density at radius 3 is 1.67 bits per heavy atom. The molecule has 1 aliphatic carbocycles. The van der Waals surface area contributed by atoms with E-state index in [1.54, 1.807) is 0 Å². The smallest absolute Gasteiger partial charge is 0.165 e. The predicted octanol–water partition coefficient (Wildman–Crippen LogP) is 12.4. The number of rotatable bonds is 4. The fourth-order valence-corrected chi connectivity index (χ4v) is 9.05. The molecule has 3 aromatic heterocycles. The molecule has 0 amide bonds. The van der Waals surface area contributed by atoms with Crippen molar-refractivity contribution in [3.05, 3.63) is 199 Å². The van der Waals surface area contributed by atoms with Gasteiger partial charge in [-0.15, -0.1) is 0 Å². The lowest BCUT2D eigenvalue weighted by Gasteiger charge is -2.21. The van der Waals surface area contributed by atoms with Crippen LogP contribution in [0.3, 0.4) is 0 Å². The van der Waals surface area contributed by atoms with Gasteiger partial charge in [0, 0.05) is 38.2 Å². The van der Waals surface area contributed by atoms with Gasteiger partial charge in [0.25, 0.3) is 0 Å². The lowest BCUT2D eigenvalue weighted by atomic mass is 9.90. The summed E-state index contributed by atoms with van der Waals surface area (Å²) in [5.41, 5.74) is 14.1. The lowest BCUT2D eigenvalue weighted by Crippen LogP contribution is -2.06. The third kappa shape index (κ3) is 3.97. The number of nitrogens with zero attached hydrogens (tertiary/aromatic N) is 4. The van der Waals surface area contributed by atoms with Crippen molar-refractivity contribution in [3.63, 3.8) is 0 Å². The summed E-state index contributed by atoms with van der Waals surface area (Å²) in [6.07, 6.45) is 0. The van der Waals surface area contributed by atoms with Gasteiger partial charge in [0.2, 0.25) is 0 Å². The lowest BCUT2D eigenvalue weighted by molar-refractivity contribution is 1.08. The number of hydrogen-bond acceptors (Lipinski definition) is 2. The van der Waals surface area contributed by atoms with E-state index in [2.05, 4.69) is 179 Å². The van der Waals surface area contributed by atoms with Gasteiger partial charge >= 0.3 is 0 Å². The second-order valence-corrected chi connectivity index (χ2v) is 14.1. The number of para-hydroxylation sites is 4. The van der Waals surface area contributed by atoms with Crippen LogP contribution in [0.25, 0.3) is 93.8 Å². The van der Waals surface area contributed by atoms with Crippen LogP contribution >= 0.6 is 0 Å². The minimum atomic E-state index is 0.820. The molecule has 1 aliphatic rings. The highest BCUT2D eigenvalue weighted by molar-refractivity contribution is 6.31. The fourth-order valence-electron chi connectivity index (χ4n) is 9.05. The normalized spacial score (nSPS) is 12.7. The van der Waals surface area contributed by atoms with E-state index >= 15 is 0 Å². The molecule has 8 aromatic carbocycles. The minimum Gasteiger partial charge on any atom is -0.308 e. The predicted molar refractivity (Wildman–Crippen MR) is 224 cm³/mol. The van der Waals surface area contributed by atoms with Gasteiger partial charge in [0.05, 0.1) is 38.8 Å². The highest BCUT2D eigenvalue weighted by atomic mass is 15.1. The molecule has 0 saturated carbocycles. The van der Waals surface area contributed by atoms with E-state index in [-0.39, 0.29) is 0 Å². The van der Waals surface area contributed by atoms with Crippen molar-refractivity contribution in [1.82, 2.24) is 19.1 Å². The quantitative estimate of drug-likeness (QED) is 0.185. The maximum atomic E-state index is 5.44. The molecule has 0 aliphatic heterocycles. The van der Waals surface area contributed by atoms with Crippen molar-refractivity contribution in [3.8, 4) is 17.1 Å². The molecule has 12 rings (SSSR count). The number of hydrogen-bond donors (Lipinski definition) is 0. The van der Waals surface area contributed by atoms with E-state index in [1.807, 2.05) is 12.1 Å². The van der Waals surface area contributed by atoms with Crippen LogP contribution in [0.15, 0.2) is 182 Å². The number of aromatic nitrogens is 4. The Hall–Kier alpha value is -7.30. The zero-order valence-electron chi connectivity index (χ0n) is 29.1. The highest BCUT2D eigenvalue weighted by Crippen LogP contribution is 2.50. The highest BCUT2D eigenvalue weighted by Gasteiger charge is 2.30. The standard InChI is InChI=1S/C50H30N4/c1-3-15-31(16-4-1)45-36-22-13-19-32-29-30-43-47(44(32)36)46-37(49(45)53-40-26-11-7-20-34(40)35-21-8-12-27-41(35)53)23-14-28-42(46)54(43)50-48(33-17-5-2-6-18-33)51-38-24-9-10-25-39(38)52-50/h1-30H. The van der Waals surface area contributed by atoms with Crippen LogP contribution in [0, 0.1) is 0 Å². The molecule has 0 unspecified atom stereocenters. The molecular weight excluding hydrogens is 657 g/mol. The van der Waals surface area contributed by atoms with Crippen molar-refractivity contribution < 1.29 is 0 Å². The van der Waals surface area contributed by atoms with Crippen LogP contribution in [0.1, 0.15) is 16.7 Å². The average molecular weight is 687 g/mol. The van der Waals surface area contributed by atoms with Crippen LogP contribution in [-0.2, 0) is 0 Å². The Balaban J connectivity index is 1.32. The van der Waals surface area contributed by atoms with Crippen LogP contribution < -0.4 is 0 Å². The molecule has 0 saturated heterocycles. The van der Waals surface area contributed by atoms with Gasteiger partial charge < -0.3 is 4.57 Å². The first kappa shape index (κ1) is 29.3. The molecule has 0 bridgehead atoms. The number of fused-ring (bicyclic) bond motifs is 4. The summed E-state index contributed by atoms with van der Waals surface area (Å²) in [7, 11) is 0. The maximum absolute atomic E-state index is 5.44. The first-order valence-electron chi connectivity index (χ1n) is 18.4. The molecule has 54 heavy (non-hydrogen) atoms. The Kier molecular flexibility index (Phi) is 6.02. The van der Waals surface area contributed by atoms with Gasteiger partial charge in [0.15, 0.2) is 5.82 Å². The molecule has 4 nitrogen and oxygen atoms in total. The first-order chi connectivity index (χ1) is 26.8. The van der Waals surface area contributed by atoms with Crippen molar-refractivity contribution >= 4 is 76.7 Å². The second kappa shape index (κ2) is 11.1. The molecule has 250 valence electrons. The van der Waals surface area contributed by atoms with E-state index in [9.17, 15) is 0 Å². The molecule has 0 fully saturated rings. The van der Waals surface area contributed by atoms with E-state index < -0.39 is 0 Å². The first-order valence-corrected chi connectivity index (χ1v) is 18.4. The zero-order chi connectivity index (χ0) is 35.3. The summed E-state index contributed by atoms with van der Waals surface area (Å²) in [6, 6.07) is 65.4. The van der Waals surface area contributed by atoms with Gasteiger partial charge in [-0.25, -0.2) is 9.97 Å². The molecule has 4 heteroatoms. The van der Waals surface area contributed by atoms with Crippen LogP contribution in [0.5, 0.6) is 0 Å². The Labute approximate surface area is 310 Å². The van der Waals surface area contributed by atoms with Gasteiger partial charge in [-0.1, -0.05) is 146 Å². The van der Waals surface area contributed by atoms with Gasteiger partial charge in [-0.2, -0.15) is 0 Å². The van der Waals surface area contributed by atoms with Crippen molar-refractivity contribution in [2.75, 3.05) is 0 Å². The van der Waals surface area contributed by atoms with Crippen LogP contribution in [0.4, 0.5) is 0 Å². The molecule has 0 radical (unpaired) electrons. The van der Waals surface area contributed by atoms with Gasteiger partial charge in [-0.3, -0.25) is 4.57 Å². The summed E-state index contributed by atoms with van der Waals surface area (Å²) >= 11 is 0. The monoisotopic (exact) mass is 686 g/mol. The molecule has 0 atom stereocenters. The third-order valence-electron chi connectivity index (χ3n) is 11.2. The Morgan fingerprint density at radius 1 is 0.352 bits per heavy atom. The summed E-state index contributed by atoms with van der Waals surface area (Å²) < 4.78 is 4.88. The summed E-state index contributed by atoms with van der Waals surface area (Å²) in [6.45, 7) is 0. The molecule has 0 spiro atoms. The van der Waals surface area contributed by atoms with E-state index in [0.29, 0.717) is 0 Å². The summed E-state index contributed by atoms with van der Waals surface area (Å²) in [4.78, 5) is 10.8. The van der Waals surface area contributed by atoms with Crippen molar-refractivity contribution in [2.45, 2.75) is 0 Å². The number of benzene rings is 8. The zero-order valence-corrected chi connectivity index (χ0v) is 29.1. The SMILES string of the molecule is c1ccc(C2=C(n3c4ccccc4c4ccccc43)c3cccc4c3c3c5c2cccc5ccc3n4-c2nc3ccccc3nc2-c2ccccc2)cc1. The summed E-state index contributed by atoms with van der Waals surface area (Å²) in [5, 5.41) is 7.37. The van der Waals surface area contributed by atoms with E-state index in [1.165, 1.54) is 71.3 Å². The van der Waals surface area contributed by atoms with Gasteiger partial charge in [0.1, 0.15) is 5.69 Å². The Bertz CT molecular complexity index is 3310. The van der Waals surface area contributed by atoms with Gasteiger partial charge in [-0.05, 0) is 58.3 Å². The van der Waals surface area contributed by atoms with Crippen LogP contribution in [0.2, 0.25) is 0 Å². The average Bonchev–Trinajstić information content (AvgIpc) is 3.71. The fraction of sp³-hybridized carbons (Fsp3) is 0. The van der Waals surface area contributed by atoms with E-state index in [0.717, 1.165) is 39.1 Å². The molecular formula is C50H30N4. The third-order valence-corrected chi connectivity index (χ3v) is 11.2. The topological polar surface area (TPSA) is 35.6 Å². The molecule has 0 N–H and O–H groups in total. The molecule has 11 aromatic rings. The van der Waals surface area contributed by atoms with Crippen molar-refractivity contribution in [1.29, 1.82) is 0 Å². The van der Waals surface area contributed by atoms with Crippen LogP contribution in [-0.4, -0.2) is 19.1 Å². The minimum absolute atomic E-state index is 0.820. The maximum Gasteiger partial charge on any atom is 0.165 e. The largest absolute Gasteiger partial charge is 0.308 e. The second-order valence-electron chi connectivity index (χ2n) is 14.1. The molecule has 3 heterocycles. The van der Waals surface area contributed by atoms with E-state index in [4.69, 9.17) is 9.97 Å². The Morgan fingerprint density at radius 2 is 0.926 bits per heavy atom.